The number of carbonyl (C=O) groups is 5. The maximum Gasteiger partial charge on any atom is 0.328 e. The van der Waals surface area contributed by atoms with Gasteiger partial charge < -0.3 is 51.8 Å². The van der Waals surface area contributed by atoms with E-state index in [-0.39, 0.29) is 60.1 Å². The number of methoxy groups -OCH3 is 2. The fraction of sp³-hybridized carbons (Fsp3) is 0.290. The number of hydrogen-bond acceptors (Lipinski definition) is 13. The summed E-state index contributed by atoms with van der Waals surface area (Å²) in [4.78, 5) is 112. The number of nitrogens with one attached hydrogen (secondary N) is 7. The normalized spacial score (nSPS) is 13.9. The Balaban J connectivity index is 0.000000230. The van der Waals surface area contributed by atoms with Crippen LogP contribution >= 0.6 is 0 Å². The second kappa shape index (κ2) is 30.9. The van der Waals surface area contributed by atoms with Crippen molar-refractivity contribution in [1.82, 2.24) is 35.1 Å². The van der Waals surface area contributed by atoms with Gasteiger partial charge in [0.2, 0.25) is 11.8 Å². The highest BCUT2D eigenvalue weighted by Gasteiger charge is 2.24. The van der Waals surface area contributed by atoms with Crippen molar-refractivity contribution in [2.45, 2.75) is 92.3 Å². The van der Waals surface area contributed by atoms with Gasteiger partial charge in [-0.1, -0.05) is 68.1 Å². The number of H-pyrrole nitrogens is 2. The molecule has 9 N–H and O–H groups in total. The molecule has 0 bridgehead atoms. The summed E-state index contributed by atoms with van der Waals surface area (Å²) >= 11 is 0. The number of anilines is 2. The lowest BCUT2D eigenvalue weighted by molar-refractivity contribution is -0.120. The smallest absolute Gasteiger partial charge is 0.328 e. The standard InChI is InChI=1S/C34H36FN5O5.C28H24FN3O5.C6H12N2O.CH4/c1-19-23(21-15-28(35)26(30(16-21)45-4)17-36-14-13-22-11-12-31(41)38-22)7-5-8-24(19)25-9-6-10-29(20(25)2)39-32(42)27-18-37-34(44)40(3)33(27)43;1-15-18(17-11-23(29)22(14-33)25(12-17)37-4)7-5-8-19(15)20-9-6-10-24(16(20)2)31-26(34)21-13-30-28(36)32(3)27(21)35;7-4-3-5-1-2-6(9)8-5;/h5-10,15-16,18,22,36H,11-14,17H2,1-4H3,(H,37,44)(H,38,41)(H,39,42);5-14H,1-4H3,(H,30,36)(H,31,34);5H,1-4,7H2,(H,8,9);1H4/t22-;;5-;/m0.0./s1. The molecule has 2 aliphatic heterocycles. The van der Waals surface area contributed by atoms with E-state index in [0.29, 0.717) is 72.1 Å². The molecule has 6 aromatic carbocycles. The highest BCUT2D eigenvalue weighted by Crippen LogP contribution is 2.40. The summed E-state index contributed by atoms with van der Waals surface area (Å²) in [5.74, 6) is -1.52. The maximum absolute atomic E-state index is 15.5. The molecule has 2 fully saturated rings. The van der Waals surface area contributed by atoms with Crippen molar-refractivity contribution in [2.75, 3.05) is 37.9 Å². The largest absolute Gasteiger partial charge is 0.496 e. The van der Waals surface area contributed by atoms with Crippen LogP contribution in [0.4, 0.5) is 20.2 Å². The third-order valence-corrected chi connectivity index (χ3v) is 16.3. The first kappa shape index (κ1) is 69.1. The zero-order valence-corrected chi connectivity index (χ0v) is 51.7. The zero-order chi connectivity index (χ0) is 65.8. The predicted octanol–water partition coefficient (Wildman–Crippen LogP) is 8.67. The van der Waals surface area contributed by atoms with Gasteiger partial charge in [-0.15, -0.1) is 0 Å². The Morgan fingerprint density at radius 3 is 1.43 bits per heavy atom. The van der Waals surface area contributed by atoms with Crippen molar-refractivity contribution < 1.29 is 42.2 Å². The number of aromatic nitrogens is 4. The number of aldehydes is 1. The molecule has 0 unspecified atom stereocenters. The first-order valence-corrected chi connectivity index (χ1v) is 29.4. The average molecular weight is 1260 g/mol. The quantitative estimate of drug-likeness (QED) is 0.0295. The minimum atomic E-state index is -0.707. The van der Waals surface area contributed by atoms with Crippen LogP contribution in [0.15, 0.2) is 129 Å². The Morgan fingerprint density at radius 1 is 0.598 bits per heavy atom. The van der Waals surface area contributed by atoms with Crippen molar-refractivity contribution >= 4 is 41.3 Å². The molecule has 0 aliphatic carbocycles. The van der Waals surface area contributed by atoms with Crippen LogP contribution in [-0.2, 0) is 30.2 Å². The van der Waals surface area contributed by atoms with Crippen LogP contribution in [0.5, 0.6) is 11.5 Å². The van der Waals surface area contributed by atoms with Gasteiger partial charge in [0, 0.05) is 74.9 Å². The molecule has 2 aromatic heterocycles. The number of amides is 4. The minimum absolute atomic E-state index is 0. The van der Waals surface area contributed by atoms with Crippen LogP contribution in [-0.4, -0.2) is 88.4 Å². The SMILES string of the molecule is C.COc1cc(-c2cccc(-c3cccc(NC(=O)c4c[nH]c(=O)n(C)c4=O)c3C)c2C)cc(F)c1C=O.COc1cc(-c2cccc(-c3cccc(NC(=O)c4c[nH]c(=O)n(C)c4=O)c3C)c2C)cc(F)c1CNCC[C@@H]1CCC(=O)N1.NCC[C@@H]1CCC(=O)N1. The molecule has 4 amide bonds. The van der Waals surface area contributed by atoms with Gasteiger partial charge in [0.15, 0.2) is 6.29 Å². The Hall–Kier alpha value is -10.4. The number of halogens is 2. The molecule has 2 aliphatic rings. The molecule has 0 radical (unpaired) electrons. The summed E-state index contributed by atoms with van der Waals surface area (Å²) < 4.78 is 42.6. The van der Waals surface area contributed by atoms with Crippen molar-refractivity contribution in [3.05, 3.63) is 207 Å². The fourth-order valence-electron chi connectivity index (χ4n) is 11.1. The molecular weight excluding hydrogens is 1180 g/mol. The molecule has 0 spiro atoms. The molecule has 8 aromatic rings. The maximum atomic E-state index is 15.5. The van der Waals surface area contributed by atoms with E-state index in [1.807, 2.05) is 82.3 Å². The van der Waals surface area contributed by atoms with Gasteiger partial charge >= 0.3 is 11.4 Å². The lowest BCUT2D eigenvalue weighted by Crippen LogP contribution is -2.37. The number of rotatable bonds is 18. The van der Waals surface area contributed by atoms with Crippen LogP contribution in [0.2, 0.25) is 0 Å². The predicted molar refractivity (Wildman–Crippen MR) is 352 cm³/mol. The Bertz CT molecular complexity index is 4360. The molecule has 10 rings (SSSR count). The first-order chi connectivity index (χ1) is 43.6. The third kappa shape index (κ3) is 15.6. The Morgan fingerprint density at radius 2 is 1.01 bits per heavy atom. The fourth-order valence-corrected chi connectivity index (χ4v) is 11.1. The zero-order valence-electron chi connectivity index (χ0n) is 51.7. The number of nitrogens with two attached hydrogens (primary N) is 1. The van der Waals surface area contributed by atoms with Crippen molar-refractivity contribution in [2.24, 2.45) is 19.8 Å². The van der Waals surface area contributed by atoms with Gasteiger partial charge in [-0.2, -0.15) is 0 Å². The van der Waals surface area contributed by atoms with Crippen molar-refractivity contribution in [3.63, 3.8) is 0 Å². The van der Waals surface area contributed by atoms with Gasteiger partial charge in [-0.3, -0.25) is 42.7 Å². The van der Waals surface area contributed by atoms with E-state index in [9.17, 15) is 47.5 Å². The average Bonchev–Trinajstić information content (AvgIpc) is 1.13. The summed E-state index contributed by atoms with van der Waals surface area (Å²) in [5, 5.41) is 14.6. The number of nitrogens with zero attached hydrogens (tertiary/aromatic N) is 2. The molecule has 482 valence electrons. The van der Waals surface area contributed by atoms with Crippen LogP contribution in [0.1, 0.15) is 105 Å². The number of benzene rings is 6. The van der Waals surface area contributed by atoms with Gasteiger partial charge in [0.25, 0.3) is 22.9 Å². The number of aromatic amines is 2. The minimum Gasteiger partial charge on any atom is -0.496 e. The lowest BCUT2D eigenvalue weighted by atomic mass is 9.90. The van der Waals surface area contributed by atoms with Gasteiger partial charge in [-0.25, -0.2) is 18.4 Å². The number of hydrogen-bond donors (Lipinski definition) is 8. The van der Waals surface area contributed by atoms with Crippen LogP contribution < -0.4 is 64.3 Å². The van der Waals surface area contributed by atoms with E-state index in [2.05, 4.69) is 36.6 Å². The molecule has 92 heavy (non-hydrogen) atoms. The number of ether oxygens (including phenoxy) is 2. The monoisotopic (exact) mass is 1260 g/mol. The second-order valence-electron chi connectivity index (χ2n) is 22.0. The molecule has 4 heterocycles. The molecule has 21 nitrogen and oxygen atoms in total. The van der Waals surface area contributed by atoms with E-state index in [1.165, 1.54) is 40.4 Å². The molecule has 0 saturated carbocycles. The number of carbonyl (C=O) groups excluding carboxylic acids is 5. The van der Waals surface area contributed by atoms with E-state index in [4.69, 9.17) is 15.2 Å². The molecule has 2 saturated heterocycles. The molecule has 2 atom stereocenters. The summed E-state index contributed by atoms with van der Waals surface area (Å²) in [7, 11) is 5.48. The van der Waals surface area contributed by atoms with Crippen LogP contribution in [0.3, 0.4) is 0 Å². The third-order valence-electron chi connectivity index (χ3n) is 16.3. The summed E-state index contributed by atoms with van der Waals surface area (Å²) in [6.45, 7) is 9.16. The highest BCUT2D eigenvalue weighted by atomic mass is 19.1. The van der Waals surface area contributed by atoms with Gasteiger partial charge in [0.1, 0.15) is 34.3 Å². The van der Waals surface area contributed by atoms with E-state index in [0.717, 1.165) is 103 Å². The van der Waals surface area contributed by atoms with Crippen molar-refractivity contribution in [1.29, 1.82) is 0 Å². The highest BCUT2D eigenvalue weighted by molar-refractivity contribution is 6.05. The van der Waals surface area contributed by atoms with Crippen LogP contribution in [0.25, 0.3) is 44.5 Å². The van der Waals surface area contributed by atoms with Crippen LogP contribution in [0, 0.1) is 39.3 Å². The molecular formula is C69H76F2N10O11. The molecule has 23 heteroatoms. The summed E-state index contributed by atoms with van der Waals surface area (Å²) in [6.07, 6.45) is 7.35. The van der Waals surface area contributed by atoms with E-state index < -0.39 is 40.1 Å². The summed E-state index contributed by atoms with van der Waals surface area (Å²) in [5.41, 5.74) is 13.1. The summed E-state index contributed by atoms with van der Waals surface area (Å²) in [6, 6.07) is 29.0. The van der Waals surface area contributed by atoms with Crippen molar-refractivity contribution in [3.8, 4) is 56.0 Å². The first-order valence-electron chi connectivity index (χ1n) is 29.4. The lowest BCUT2D eigenvalue weighted by Gasteiger charge is -2.18. The Kier molecular flexibility index (Phi) is 23.2. The van der Waals surface area contributed by atoms with E-state index >= 15 is 4.39 Å². The van der Waals surface area contributed by atoms with Gasteiger partial charge in [0.05, 0.1) is 19.8 Å². The topological polar surface area (TPSA) is 300 Å². The second-order valence-corrected chi connectivity index (χ2v) is 22.0. The van der Waals surface area contributed by atoms with E-state index in [1.54, 1.807) is 30.3 Å². The Labute approximate surface area is 529 Å². The van der Waals surface area contributed by atoms with Gasteiger partial charge in [-0.05, 0) is 170 Å².